The lowest BCUT2D eigenvalue weighted by molar-refractivity contribution is -0.132. The number of rotatable bonds is 5. The summed E-state index contributed by atoms with van der Waals surface area (Å²) >= 11 is 7.70. The van der Waals surface area contributed by atoms with E-state index in [-0.39, 0.29) is 17.9 Å². The van der Waals surface area contributed by atoms with Gasteiger partial charge in [-0.1, -0.05) is 48.0 Å². The van der Waals surface area contributed by atoms with E-state index in [9.17, 15) is 9.18 Å². The molecule has 0 unspecified atom stereocenters. The number of piperazine rings is 1. The highest BCUT2D eigenvalue weighted by molar-refractivity contribution is 7.13. The summed E-state index contributed by atoms with van der Waals surface area (Å²) in [4.78, 5) is 21.4. The molecule has 1 aromatic heterocycles. The molecule has 0 atom stereocenters. The van der Waals surface area contributed by atoms with E-state index < -0.39 is 5.82 Å². The topological polar surface area (TPSA) is 36.4 Å². The van der Waals surface area contributed by atoms with Gasteiger partial charge in [0.25, 0.3) is 0 Å². The van der Waals surface area contributed by atoms with Crippen molar-refractivity contribution in [1.29, 1.82) is 0 Å². The van der Waals surface area contributed by atoms with Crippen molar-refractivity contribution in [3.63, 3.8) is 0 Å². The monoisotopic (exact) mass is 429 g/mol. The third-order valence-electron chi connectivity index (χ3n) is 5.07. The van der Waals surface area contributed by atoms with Crippen molar-refractivity contribution in [2.75, 3.05) is 26.2 Å². The molecule has 0 N–H and O–H groups in total. The Morgan fingerprint density at radius 2 is 1.83 bits per heavy atom. The van der Waals surface area contributed by atoms with Crippen LogP contribution < -0.4 is 0 Å². The van der Waals surface area contributed by atoms with Crippen LogP contribution in [0, 0.1) is 5.82 Å². The summed E-state index contributed by atoms with van der Waals surface area (Å²) in [5.41, 5.74) is 2.45. The van der Waals surface area contributed by atoms with Gasteiger partial charge >= 0.3 is 0 Å². The molecular weight excluding hydrogens is 409 g/mol. The van der Waals surface area contributed by atoms with Crippen LogP contribution in [0.5, 0.6) is 0 Å². The van der Waals surface area contributed by atoms with Gasteiger partial charge in [0.05, 0.1) is 12.1 Å². The number of carbonyl (C=O) groups is 1. The first-order valence-corrected chi connectivity index (χ1v) is 10.8. The Labute approximate surface area is 178 Å². The largest absolute Gasteiger partial charge is 0.340 e. The lowest BCUT2D eigenvalue weighted by atomic mass is 10.1. The molecule has 2 aromatic carbocycles. The molecule has 0 aliphatic carbocycles. The van der Waals surface area contributed by atoms with Gasteiger partial charge in [-0.2, -0.15) is 0 Å². The van der Waals surface area contributed by atoms with Crippen molar-refractivity contribution >= 4 is 28.8 Å². The predicted octanol–water partition coefficient (Wildman–Crippen LogP) is 4.49. The lowest BCUT2D eigenvalue weighted by Crippen LogP contribution is -2.48. The van der Waals surface area contributed by atoms with Crippen molar-refractivity contribution in [3.8, 4) is 10.6 Å². The maximum Gasteiger partial charge on any atom is 0.227 e. The average Bonchev–Trinajstić information content (AvgIpc) is 3.20. The van der Waals surface area contributed by atoms with Gasteiger partial charge in [0.2, 0.25) is 5.91 Å². The van der Waals surface area contributed by atoms with Gasteiger partial charge in [0, 0.05) is 54.3 Å². The Balaban J connectivity index is 1.31. The van der Waals surface area contributed by atoms with Crippen molar-refractivity contribution in [1.82, 2.24) is 14.8 Å². The molecule has 1 saturated heterocycles. The van der Waals surface area contributed by atoms with Crippen LogP contribution in [0.2, 0.25) is 5.02 Å². The van der Waals surface area contributed by atoms with Crippen LogP contribution in [-0.4, -0.2) is 46.9 Å². The Hall–Kier alpha value is -2.28. The van der Waals surface area contributed by atoms with Crippen molar-refractivity contribution < 1.29 is 9.18 Å². The normalized spacial score (nSPS) is 14.9. The first kappa shape index (κ1) is 20.0. The smallest absolute Gasteiger partial charge is 0.227 e. The second-order valence-electron chi connectivity index (χ2n) is 7.04. The minimum absolute atomic E-state index is 0.00196. The lowest BCUT2D eigenvalue weighted by Gasteiger charge is -2.34. The van der Waals surface area contributed by atoms with E-state index in [1.165, 1.54) is 6.07 Å². The first-order chi connectivity index (χ1) is 14.1. The first-order valence-electron chi connectivity index (χ1n) is 9.53. The van der Waals surface area contributed by atoms with Crippen molar-refractivity contribution in [2.45, 2.75) is 13.0 Å². The molecule has 0 saturated carbocycles. The van der Waals surface area contributed by atoms with E-state index in [0.29, 0.717) is 18.1 Å². The molecule has 1 fully saturated rings. The zero-order chi connectivity index (χ0) is 20.2. The van der Waals surface area contributed by atoms with Crippen molar-refractivity contribution in [3.05, 3.63) is 76.0 Å². The molecule has 4 rings (SSSR count). The highest BCUT2D eigenvalue weighted by atomic mass is 35.5. The van der Waals surface area contributed by atoms with E-state index in [1.807, 2.05) is 18.2 Å². The fourth-order valence-corrected chi connectivity index (χ4v) is 4.49. The zero-order valence-electron chi connectivity index (χ0n) is 15.9. The van der Waals surface area contributed by atoms with Crippen LogP contribution in [0.1, 0.15) is 11.3 Å². The van der Waals surface area contributed by atoms with Gasteiger partial charge in [-0.05, 0) is 12.1 Å². The van der Waals surface area contributed by atoms with E-state index in [2.05, 4.69) is 22.4 Å². The van der Waals surface area contributed by atoms with Gasteiger partial charge in [-0.3, -0.25) is 9.69 Å². The van der Waals surface area contributed by atoms with E-state index >= 15 is 0 Å². The van der Waals surface area contributed by atoms with Crippen LogP contribution in [-0.2, 0) is 17.8 Å². The summed E-state index contributed by atoms with van der Waals surface area (Å²) in [6.45, 7) is 3.57. The molecule has 150 valence electrons. The number of aromatic nitrogens is 1. The maximum absolute atomic E-state index is 13.9. The SMILES string of the molecule is O=C(Cc1c(F)cccc1Cl)N1CCN(Cc2csc(-c3ccccc3)n2)CC1. The molecule has 0 bridgehead atoms. The third-order valence-corrected chi connectivity index (χ3v) is 6.37. The molecule has 2 heterocycles. The van der Waals surface area contributed by atoms with Crippen LogP contribution in [0.3, 0.4) is 0 Å². The Kier molecular flexibility index (Phi) is 6.23. The highest BCUT2D eigenvalue weighted by Gasteiger charge is 2.23. The van der Waals surface area contributed by atoms with Gasteiger partial charge in [0.15, 0.2) is 0 Å². The van der Waals surface area contributed by atoms with Gasteiger partial charge in [-0.25, -0.2) is 9.37 Å². The molecular formula is C22H21ClFN3OS. The number of benzene rings is 2. The Bertz CT molecular complexity index is 966. The number of amides is 1. The van der Waals surface area contributed by atoms with E-state index in [0.717, 1.165) is 35.9 Å². The summed E-state index contributed by atoms with van der Waals surface area (Å²) in [5, 5.41) is 3.42. The van der Waals surface area contributed by atoms with E-state index in [4.69, 9.17) is 16.6 Å². The molecule has 0 radical (unpaired) electrons. The highest BCUT2D eigenvalue weighted by Crippen LogP contribution is 2.24. The van der Waals surface area contributed by atoms with Crippen LogP contribution in [0.4, 0.5) is 4.39 Å². The number of hydrogen-bond donors (Lipinski definition) is 0. The molecule has 7 heteroatoms. The minimum atomic E-state index is -0.428. The summed E-state index contributed by atoms with van der Waals surface area (Å²) in [6, 6.07) is 14.7. The second kappa shape index (κ2) is 9.03. The molecule has 1 aliphatic heterocycles. The van der Waals surface area contributed by atoms with E-state index in [1.54, 1.807) is 28.4 Å². The zero-order valence-corrected chi connectivity index (χ0v) is 17.4. The molecule has 3 aromatic rings. The predicted molar refractivity (Wildman–Crippen MR) is 115 cm³/mol. The molecule has 1 amide bonds. The average molecular weight is 430 g/mol. The molecule has 4 nitrogen and oxygen atoms in total. The molecule has 29 heavy (non-hydrogen) atoms. The number of halogens is 2. The number of nitrogens with zero attached hydrogens (tertiary/aromatic N) is 3. The standard InChI is InChI=1S/C22H21ClFN3OS/c23-19-7-4-8-20(24)18(19)13-21(28)27-11-9-26(10-12-27)14-17-15-29-22(25-17)16-5-2-1-3-6-16/h1-8,15H,9-14H2. The van der Waals surface area contributed by atoms with Crippen molar-refractivity contribution in [2.24, 2.45) is 0 Å². The number of hydrogen-bond acceptors (Lipinski definition) is 4. The number of carbonyl (C=O) groups excluding carboxylic acids is 1. The third kappa shape index (κ3) is 4.83. The summed E-state index contributed by atoms with van der Waals surface area (Å²) in [6.07, 6.45) is -0.00196. The fraction of sp³-hybridized carbons (Fsp3) is 0.273. The van der Waals surface area contributed by atoms with Gasteiger partial charge in [0.1, 0.15) is 10.8 Å². The Morgan fingerprint density at radius 3 is 2.55 bits per heavy atom. The molecule has 1 aliphatic rings. The number of thiazole rings is 1. The van der Waals surface area contributed by atoms with Crippen LogP contribution in [0.25, 0.3) is 10.6 Å². The summed E-state index contributed by atoms with van der Waals surface area (Å²) in [7, 11) is 0. The van der Waals surface area contributed by atoms with Crippen LogP contribution >= 0.6 is 22.9 Å². The quantitative estimate of drug-likeness (QED) is 0.599. The maximum atomic E-state index is 13.9. The minimum Gasteiger partial charge on any atom is -0.340 e. The molecule has 0 spiro atoms. The summed E-state index contributed by atoms with van der Waals surface area (Å²) < 4.78 is 13.9. The van der Waals surface area contributed by atoms with Gasteiger partial charge in [-0.15, -0.1) is 11.3 Å². The fourth-order valence-electron chi connectivity index (χ4n) is 3.44. The Morgan fingerprint density at radius 1 is 1.07 bits per heavy atom. The second-order valence-corrected chi connectivity index (χ2v) is 8.31. The van der Waals surface area contributed by atoms with Gasteiger partial charge < -0.3 is 4.90 Å². The van der Waals surface area contributed by atoms with Crippen LogP contribution in [0.15, 0.2) is 53.9 Å². The summed E-state index contributed by atoms with van der Waals surface area (Å²) in [5.74, 6) is -0.515.